The number of aliphatic hydroxyl groups is 1. The van der Waals surface area contributed by atoms with Crippen molar-refractivity contribution in [2.24, 2.45) is 0 Å². The molecule has 0 bridgehead atoms. The summed E-state index contributed by atoms with van der Waals surface area (Å²) in [5.41, 5.74) is -0.152. The highest BCUT2D eigenvalue weighted by molar-refractivity contribution is 7.92. The van der Waals surface area contributed by atoms with Crippen LogP contribution >= 0.6 is 11.6 Å². The first kappa shape index (κ1) is 16.5. The standard InChI is InChI=1S/C15H20ClNO3S/c16-14-6-4-13(5-7-14)8-11-21(19,20)17-12-15(18)9-2-1-3-10-15/h4-8,11,17-18H,1-3,9-10,12H2. The maximum atomic E-state index is 11.9. The van der Waals surface area contributed by atoms with E-state index in [0.29, 0.717) is 17.9 Å². The monoisotopic (exact) mass is 329 g/mol. The molecule has 1 fully saturated rings. The van der Waals surface area contributed by atoms with Crippen molar-refractivity contribution in [3.05, 3.63) is 40.3 Å². The summed E-state index contributed by atoms with van der Waals surface area (Å²) in [7, 11) is -3.55. The van der Waals surface area contributed by atoms with Gasteiger partial charge in [0, 0.05) is 17.0 Å². The van der Waals surface area contributed by atoms with Crippen molar-refractivity contribution in [3.63, 3.8) is 0 Å². The third kappa shape index (κ3) is 5.43. The van der Waals surface area contributed by atoms with Crippen LogP contribution in [-0.4, -0.2) is 25.7 Å². The van der Waals surface area contributed by atoms with Crippen molar-refractivity contribution in [2.75, 3.05) is 6.54 Å². The summed E-state index contributed by atoms with van der Waals surface area (Å²) < 4.78 is 26.3. The van der Waals surface area contributed by atoms with Crippen LogP contribution in [0.2, 0.25) is 5.02 Å². The number of sulfonamides is 1. The molecule has 21 heavy (non-hydrogen) atoms. The smallest absolute Gasteiger partial charge is 0.233 e. The molecule has 2 N–H and O–H groups in total. The first-order chi connectivity index (χ1) is 9.89. The van der Waals surface area contributed by atoms with E-state index in [1.807, 2.05) is 0 Å². The SMILES string of the molecule is O=S(=O)(C=Cc1ccc(Cl)cc1)NCC1(O)CCCCC1. The molecule has 0 aliphatic heterocycles. The molecule has 0 amide bonds. The van der Waals surface area contributed by atoms with Crippen LogP contribution in [0.25, 0.3) is 6.08 Å². The van der Waals surface area contributed by atoms with Crippen molar-refractivity contribution in [1.29, 1.82) is 0 Å². The summed E-state index contributed by atoms with van der Waals surface area (Å²) in [5, 5.41) is 12.0. The van der Waals surface area contributed by atoms with E-state index in [1.165, 1.54) is 6.08 Å². The fourth-order valence-electron chi connectivity index (χ4n) is 2.41. The van der Waals surface area contributed by atoms with Crippen molar-refractivity contribution >= 4 is 27.7 Å². The van der Waals surface area contributed by atoms with Crippen LogP contribution in [0, 0.1) is 0 Å². The van der Waals surface area contributed by atoms with Gasteiger partial charge in [-0.25, -0.2) is 13.1 Å². The quantitative estimate of drug-likeness (QED) is 0.872. The number of hydrogen-bond acceptors (Lipinski definition) is 3. The predicted octanol–water partition coefficient (Wildman–Crippen LogP) is 2.93. The molecular formula is C15H20ClNO3S. The normalized spacial score (nSPS) is 19.0. The molecule has 1 aliphatic carbocycles. The number of nitrogens with one attached hydrogen (secondary N) is 1. The Morgan fingerprint density at radius 1 is 1.19 bits per heavy atom. The lowest BCUT2D eigenvalue weighted by Crippen LogP contribution is -2.43. The minimum atomic E-state index is -3.55. The first-order valence-electron chi connectivity index (χ1n) is 7.04. The van der Waals surface area contributed by atoms with Crippen molar-refractivity contribution in [1.82, 2.24) is 4.72 Å². The first-order valence-corrected chi connectivity index (χ1v) is 8.97. The van der Waals surface area contributed by atoms with Crippen LogP contribution in [0.5, 0.6) is 0 Å². The second kappa shape index (κ2) is 6.92. The molecule has 1 aromatic rings. The molecule has 1 saturated carbocycles. The molecule has 0 atom stereocenters. The molecule has 2 rings (SSSR count). The average molecular weight is 330 g/mol. The molecule has 0 unspecified atom stereocenters. The van der Waals surface area contributed by atoms with Gasteiger partial charge in [-0.3, -0.25) is 0 Å². The second-order valence-electron chi connectivity index (χ2n) is 5.51. The zero-order valence-corrected chi connectivity index (χ0v) is 13.3. The van der Waals surface area contributed by atoms with Crippen LogP contribution in [-0.2, 0) is 10.0 Å². The molecule has 0 spiro atoms. The fraction of sp³-hybridized carbons (Fsp3) is 0.467. The van der Waals surface area contributed by atoms with Gasteiger partial charge in [0.25, 0.3) is 0 Å². The zero-order chi connectivity index (χ0) is 15.3. The lowest BCUT2D eigenvalue weighted by atomic mass is 9.85. The third-order valence-electron chi connectivity index (χ3n) is 3.70. The second-order valence-corrected chi connectivity index (χ2v) is 7.59. The lowest BCUT2D eigenvalue weighted by molar-refractivity contribution is 0.00952. The molecule has 0 radical (unpaired) electrons. The van der Waals surface area contributed by atoms with Gasteiger partial charge in [0.2, 0.25) is 10.0 Å². The summed E-state index contributed by atoms with van der Waals surface area (Å²) in [6.45, 7) is 0.0697. The van der Waals surface area contributed by atoms with E-state index in [1.54, 1.807) is 24.3 Å². The van der Waals surface area contributed by atoms with Gasteiger partial charge in [-0.05, 0) is 36.6 Å². The molecule has 0 aromatic heterocycles. The number of rotatable bonds is 5. The van der Waals surface area contributed by atoms with Gasteiger partial charge >= 0.3 is 0 Å². The topological polar surface area (TPSA) is 66.4 Å². The molecule has 0 heterocycles. The highest BCUT2D eigenvalue weighted by atomic mass is 35.5. The van der Waals surface area contributed by atoms with Crippen LogP contribution in [0.4, 0.5) is 0 Å². The molecule has 6 heteroatoms. The molecule has 1 aromatic carbocycles. The largest absolute Gasteiger partial charge is 0.389 e. The van der Waals surface area contributed by atoms with E-state index in [9.17, 15) is 13.5 Å². The Balaban J connectivity index is 1.93. The van der Waals surface area contributed by atoms with Gasteiger partial charge in [0.15, 0.2) is 0 Å². The van der Waals surface area contributed by atoms with Crippen molar-refractivity contribution < 1.29 is 13.5 Å². The summed E-state index contributed by atoms with van der Waals surface area (Å²) in [6.07, 6.45) is 5.79. The van der Waals surface area contributed by atoms with Gasteiger partial charge in [-0.15, -0.1) is 0 Å². The maximum absolute atomic E-state index is 11.9. The zero-order valence-electron chi connectivity index (χ0n) is 11.8. The molecule has 1 aliphatic rings. The highest BCUT2D eigenvalue weighted by Gasteiger charge is 2.29. The molecular weight excluding hydrogens is 310 g/mol. The molecule has 0 saturated heterocycles. The minimum Gasteiger partial charge on any atom is -0.389 e. The van der Waals surface area contributed by atoms with Gasteiger partial charge in [0.05, 0.1) is 5.60 Å². The van der Waals surface area contributed by atoms with Crippen LogP contribution < -0.4 is 4.72 Å². The Kier molecular flexibility index (Phi) is 5.43. The molecule has 116 valence electrons. The minimum absolute atomic E-state index is 0.0697. The lowest BCUT2D eigenvalue weighted by Gasteiger charge is -2.31. The van der Waals surface area contributed by atoms with E-state index in [4.69, 9.17) is 11.6 Å². The number of benzene rings is 1. The van der Waals surface area contributed by atoms with E-state index >= 15 is 0 Å². The fourth-order valence-corrected chi connectivity index (χ4v) is 3.44. The summed E-state index contributed by atoms with van der Waals surface area (Å²) in [5.74, 6) is 0. The van der Waals surface area contributed by atoms with Gasteiger partial charge in [0.1, 0.15) is 0 Å². The summed E-state index contributed by atoms with van der Waals surface area (Å²) in [6, 6.07) is 6.88. The maximum Gasteiger partial charge on any atom is 0.233 e. The van der Waals surface area contributed by atoms with Gasteiger partial charge in [-0.1, -0.05) is 43.0 Å². The van der Waals surface area contributed by atoms with Gasteiger partial charge in [-0.2, -0.15) is 0 Å². The Bertz CT molecular complexity index is 590. The summed E-state index contributed by atoms with van der Waals surface area (Å²) in [4.78, 5) is 0. The van der Waals surface area contributed by atoms with Crippen LogP contribution in [0.3, 0.4) is 0 Å². The van der Waals surface area contributed by atoms with E-state index < -0.39 is 15.6 Å². The third-order valence-corrected chi connectivity index (χ3v) is 4.99. The number of hydrogen-bond donors (Lipinski definition) is 2. The van der Waals surface area contributed by atoms with Gasteiger partial charge < -0.3 is 5.11 Å². The van der Waals surface area contributed by atoms with Crippen LogP contribution in [0.15, 0.2) is 29.7 Å². The van der Waals surface area contributed by atoms with E-state index in [2.05, 4.69) is 4.72 Å². The Labute approximate surface area is 130 Å². The van der Waals surface area contributed by atoms with E-state index in [-0.39, 0.29) is 6.54 Å². The molecule has 4 nitrogen and oxygen atoms in total. The Morgan fingerprint density at radius 2 is 1.81 bits per heavy atom. The van der Waals surface area contributed by atoms with Crippen LogP contribution in [0.1, 0.15) is 37.7 Å². The summed E-state index contributed by atoms with van der Waals surface area (Å²) >= 11 is 5.77. The Morgan fingerprint density at radius 3 is 2.43 bits per heavy atom. The highest BCUT2D eigenvalue weighted by Crippen LogP contribution is 2.27. The van der Waals surface area contributed by atoms with Crippen molar-refractivity contribution in [2.45, 2.75) is 37.7 Å². The average Bonchev–Trinajstić information content (AvgIpc) is 2.46. The van der Waals surface area contributed by atoms with Crippen molar-refractivity contribution in [3.8, 4) is 0 Å². The number of halogens is 1. The predicted molar refractivity (Wildman–Crippen MR) is 85.4 cm³/mol. The van der Waals surface area contributed by atoms with E-state index in [0.717, 1.165) is 30.2 Å². The Hall–Kier alpha value is -0.880.